The third kappa shape index (κ3) is 2.45. The summed E-state index contributed by atoms with van der Waals surface area (Å²) in [4.78, 5) is 11.9. The largest absolute Gasteiger partial charge is 0.296 e. The lowest BCUT2D eigenvalue weighted by Crippen LogP contribution is -2.26. The molecule has 0 unspecified atom stereocenters. The fourth-order valence-electron chi connectivity index (χ4n) is 1.15. The summed E-state index contributed by atoms with van der Waals surface area (Å²) >= 11 is 6.85. The first-order chi connectivity index (χ1) is 6.46. The number of carbonyl (C=O) groups excluding carboxylic acids is 1. The van der Waals surface area contributed by atoms with E-state index in [-0.39, 0.29) is 11.7 Å². The third-order valence-corrected chi connectivity index (χ3v) is 3.67. The predicted octanol–water partition coefficient (Wildman–Crippen LogP) is 3.85. The molecule has 1 rings (SSSR count). The Morgan fingerprint density at radius 2 is 1.71 bits per heavy atom. The van der Waals surface area contributed by atoms with E-state index in [2.05, 4.69) is 31.9 Å². The fraction of sp³-hybridized carbons (Fsp3) is 0.364. The molecule has 0 fully saturated rings. The molecule has 0 amide bonds. The minimum atomic E-state index is -0.741. The molecule has 76 valence electrons. The lowest BCUT2D eigenvalue weighted by Gasteiger charge is -2.21. The van der Waals surface area contributed by atoms with Crippen molar-refractivity contribution < 1.29 is 4.79 Å². The molecule has 1 aromatic rings. The number of hydrogen-bond acceptors (Lipinski definition) is 1. The Labute approximate surface area is 101 Å². The van der Waals surface area contributed by atoms with Crippen LogP contribution in [0, 0.1) is 5.92 Å². The Morgan fingerprint density at radius 3 is 2.14 bits per heavy atom. The van der Waals surface area contributed by atoms with E-state index in [0.29, 0.717) is 0 Å². The zero-order valence-corrected chi connectivity index (χ0v) is 11.3. The van der Waals surface area contributed by atoms with Gasteiger partial charge in [-0.05, 0) is 5.56 Å². The van der Waals surface area contributed by atoms with E-state index in [1.54, 1.807) is 0 Å². The predicted molar refractivity (Wildman–Crippen MR) is 65.8 cm³/mol. The summed E-state index contributed by atoms with van der Waals surface area (Å²) in [5, 5.41) is 0. The summed E-state index contributed by atoms with van der Waals surface area (Å²) in [5.74, 6) is 0.123. The van der Waals surface area contributed by atoms with Gasteiger partial charge in [-0.2, -0.15) is 0 Å². The first-order valence-corrected chi connectivity index (χ1v) is 6.02. The molecule has 0 bridgehead atoms. The van der Waals surface area contributed by atoms with Gasteiger partial charge in [-0.3, -0.25) is 4.79 Å². The van der Waals surface area contributed by atoms with E-state index in [1.165, 1.54) is 0 Å². The Morgan fingerprint density at radius 1 is 1.21 bits per heavy atom. The standard InChI is InChI=1S/C11H12Br2O/c1-8(2)10(14)11(12,13)9-6-4-3-5-7-9/h3-8H,1-2H3. The molecule has 1 aromatic carbocycles. The number of benzene rings is 1. The van der Waals surface area contributed by atoms with E-state index in [1.807, 2.05) is 44.2 Å². The second-order valence-electron chi connectivity index (χ2n) is 3.46. The number of rotatable bonds is 3. The maximum absolute atomic E-state index is 11.9. The van der Waals surface area contributed by atoms with Crippen LogP contribution in [0.5, 0.6) is 0 Å². The van der Waals surface area contributed by atoms with Gasteiger partial charge in [-0.1, -0.05) is 76.0 Å². The van der Waals surface area contributed by atoms with E-state index in [0.717, 1.165) is 5.56 Å². The lowest BCUT2D eigenvalue weighted by atomic mass is 10.0. The van der Waals surface area contributed by atoms with Crippen LogP contribution in [0.1, 0.15) is 19.4 Å². The van der Waals surface area contributed by atoms with Gasteiger partial charge < -0.3 is 0 Å². The van der Waals surface area contributed by atoms with Crippen molar-refractivity contribution in [2.24, 2.45) is 5.92 Å². The topological polar surface area (TPSA) is 17.1 Å². The van der Waals surface area contributed by atoms with E-state index >= 15 is 0 Å². The van der Waals surface area contributed by atoms with Crippen molar-refractivity contribution in [1.82, 2.24) is 0 Å². The Kier molecular flexibility index (Phi) is 3.90. The number of Topliss-reactive ketones (excluding diaryl/α,β-unsaturated/α-hetero) is 1. The first-order valence-electron chi connectivity index (χ1n) is 4.44. The second-order valence-corrected chi connectivity index (χ2v) is 6.90. The van der Waals surface area contributed by atoms with Gasteiger partial charge >= 0.3 is 0 Å². The molecular weight excluding hydrogens is 308 g/mol. The van der Waals surface area contributed by atoms with Crippen LogP contribution in [0.2, 0.25) is 0 Å². The van der Waals surface area contributed by atoms with Crippen LogP contribution in [0.25, 0.3) is 0 Å². The molecule has 0 aliphatic heterocycles. The van der Waals surface area contributed by atoms with Crippen molar-refractivity contribution in [3.05, 3.63) is 35.9 Å². The zero-order chi connectivity index (χ0) is 10.8. The minimum Gasteiger partial charge on any atom is -0.296 e. The van der Waals surface area contributed by atoms with Crippen LogP contribution in [-0.2, 0) is 8.03 Å². The highest BCUT2D eigenvalue weighted by molar-refractivity contribution is 9.25. The minimum absolute atomic E-state index is 0.00560. The van der Waals surface area contributed by atoms with Crippen LogP contribution in [0.4, 0.5) is 0 Å². The van der Waals surface area contributed by atoms with Gasteiger partial charge in [0.2, 0.25) is 0 Å². The van der Waals surface area contributed by atoms with Gasteiger partial charge in [0.15, 0.2) is 9.02 Å². The monoisotopic (exact) mass is 318 g/mol. The zero-order valence-electron chi connectivity index (χ0n) is 8.13. The maximum atomic E-state index is 11.9. The van der Waals surface area contributed by atoms with Crippen LogP contribution < -0.4 is 0 Å². The van der Waals surface area contributed by atoms with Crippen LogP contribution in [0.3, 0.4) is 0 Å². The number of alkyl halides is 2. The van der Waals surface area contributed by atoms with Gasteiger partial charge in [0, 0.05) is 5.92 Å². The fourth-order valence-corrected chi connectivity index (χ4v) is 2.60. The van der Waals surface area contributed by atoms with E-state index < -0.39 is 3.23 Å². The summed E-state index contributed by atoms with van der Waals surface area (Å²) in [6, 6.07) is 9.60. The molecular formula is C11H12Br2O. The van der Waals surface area contributed by atoms with Gasteiger partial charge in [-0.25, -0.2) is 0 Å². The smallest absolute Gasteiger partial charge is 0.167 e. The first kappa shape index (κ1) is 11.9. The Balaban J connectivity index is 3.02. The van der Waals surface area contributed by atoms with Crippen molar-refractivity contribution >= 4 is 37.6 Å². The highest BCUT2D eigenvalue weighted by atomic mass is 79.9. The maximum Gasteiger partial charge on any atom is 0.167 e. The van der Waals surface area contributed by atoms with Crippen LogP contribution >= 0.6 is 31.9 Å². The normalized spacial score (nSPS) is 11.8. The second kappa shape index (κ2) is 4.58. The lowest BCUT2D eigenvalue weighted by molar-refractivity contribution is -0.122. The van der Waals surface area contributed by atoms with Crippen molar-refractivity contribution in [3.8, 4) is 0 Å². The average molecular weight is 320 g/mol. The summed E-state index contributed by atoms with van der Waals surface area (Å²) in [6.45, 7) is 3.78. The number of halogens is 2. The quantitative estimate of drug-likeness (QED) is 0.773. The molecule has 0 saturated carbocycles. The highest BCUT2D eigenvalue weighted by Gasteiger charge is 2.35. The molecule has 0 N–H and O–H groups in total. The Bertz CT molecular complexity index is 317. The van der Waals surface area contributed by atoms with Crippen molar-refractivity contribution in [2.45, 2.75) is 17.1 Å². The van der Waals surface area contributed by atoms with Gasteiger partial charge in [0.1, 0.15) is 0 Å². The summed E-state index contributed by atoms with van der Waals surface area (Å²) in [6.07, 6.45) is 0. The van der Waals surface area contributed by atoms with Crippen molar-refractivity contribution in [3.63, 3.8) is 0 Å². The molecule has 0 saturated heterocycles. The molecule has 1 nitrogen and oxygen atoms in total. The molecule has 0 aliphatic rings. The molecule has 0 spiro atoms. The average Bonchev–Trinajstić information content (AvgIpc) is 2.18. The Hall–Kier alpha value is -0.150. The van der Waals surface area contributed by atoms with E-state index in [9.17, 15) is 4.79 Å². The van der Waals surface area contributed by atoms with Crippen LogP contribution in [-0.4, -0.2) is 5.78 Å². The van der Waals surface area contributed by atoms with Crippen molar-refractivity contribution in [1.29, 1.82) is 0 Å². The van der Waals surface area contributed by atoms with Gasteiger partial charge in [-0.15, -0.1) is 0 Å². The van der Waals surface area contributed by atoms with Gasteiger partial charge in [0.05, 0.1) is 0 Å². The molecule has 0 radical (unpaired) electrons. The number of hydrogen-bond donors (Lipinski definition) is 0. The van der Waals surface area contributed by atoms with Crippen LogP contribution in [0.15, 0.2) is 30.3 Å². The number of carbonyl (C=O) groups is 1. The summed E-state index contributed by atoms with van der Waals surface area (Å²) in [5.41, 5.74) is 0.929. The van der Waals surface area contributed by atoms with Crippen molar-refractivity contribution in [2.75, 3.05) is 0 Å². The van der Waals surface area contributed by atoms with E-state index in [4.69, 9.17) is 0 Å². The SMILES string of the molecule is CC(C)C(=O)C(Br)(Br)c1ccccc1. The molecule has 0 heterocycles. The molecule has 14 heavy (non-hydrogen) atoms. The molecule has 0 atom stereocenters. The highest BCUT2D eigenvalue weighted by Crippen LogP contribution is 2.40. The molecule has 0 aliphatic carbocycles. The van der Waals surface area contributed by atoms with Gasteiger partial charge in [0.25, 0.3) is 0 Å². The summed E-state index contributed by atoms with van der Waals surface area (Å²) < 4.78 is -0.741. The number of ketones is 1. The summed E-state index contributed by atoms with van der Waals surface area (Å²) in [7, 11) is 0. The third-order valence-electron chi connectivity index (χ3n) is 1.97. The molecule has 0 aromatic heterocycles. The molecule has 3 heteroatoms.